The predicted octanol–water partition coefficient (Wildman–Crippen LogP) is 0.815. The zero-order chi connectivity index (χ0) is 25.7. The van der Waals surface area contributed by atoms with Gasteiger partial charge in [0.1, 0.15) is 18.9 Å². The summed E-state index contributed by atoms with van der Waals surface area (Å²) in [5.41, 5.74) is -0.880. The maximum atomic E-state index is 12.0. The second kappa shape index (κ2) is 11.0. The quantitative estimate of drug-likeness (QED) is 0.285. The van der Waals surface area contributed by atoms with Crippen LogP contribution in [0.2, 0.25) is 0 Å². The maximum Gasteiger partial charge on any atom is 0.508 e. The third kappa shape index (κ3) is 5.96. The molecule has 3 rings (SSSR count). The Hall–Kier alpha value is -3.91. The average Bonchev–Trinajstić information content (AvgIpc) is 3.19. The van der Waals surface area contributed by atoms with Crippen LogP contribution in [0.15, 0.2) is 27.9 Å². The summed E-state index contributed by atoms with van der Waals surface area (Å²) in [4.78, 5) is 48.4. The molecule has 14 heteroatoms. The van der Waals surface area contributed by atoms with E-state index < -0.39 is 40.8 Å². The van der Waals surface area contributed by atoms with E-state index in [0.717, 1.165) is 4.57 Å². The molecule has 35 heavy (non-hydrogen) atoms. The van der Waals surface area contributed by atoms with E-state index in [4.69, 9.17) is 23.7 Å². The number of nitro groups is 1. The molecule has 2 heterocycles. The zero-order valence-corrected chi connectivity index (χ0v) is 19.2. The summed E-state index contributed by atoms with van der Waals surface area (Å²) in [6.45, 7) is 0.940. The summed E-state index contributed by atoms with van der Waals surface area (Å²) in [6, 6.07) is 2.64. The van der Waals surface area contributed by atoms with Crippen molar-refractivity contribution in [3.05, 3.63) is 60.4 Å². The highest BCUT2D eigenvalue weighted by Gasteiger charge is 2.36. The van der Waals surface area contributed by atoms with Crippen LogP contribution in [0.3, 0.4) is 0 Å². The number of hydrogen-bond acceptors (Lipinski definition) is 11. The zero-order valence-electron chi connectivity index (χ0n) is 19.2. The van der Waals surface area contributed by atoms with Crippen LogP contribution in [0.1, 0.15) is 23.8 Å². The first-order chi connectivity index (χ1) is 16.6. The van der Waals surface area contributed by atoms with Gasteiger partial charge in [-0.15, -0.1) is 0 Å². The molecule has 0 saturated carbocycles. The first kappa shape index (κ1) is 25.7. The fourth-order valence-electron chi connectivity index (χ4n) is 3.55. The molecule has 1 aliphatic rings. The van der Waals surface area contributed by atoms with Crippen LogP contribution < -0.4 is 20.7 Å². The number of ether oxygens (including phenoxy) is 5. The lowest BCUT2D eigenvalue weighted by molar-refractivity contribution is -0.385. The van der Waals surface area contributed by atoms with E-state index in [9.17, 15) is 29.6 Å². The maximum absolute atomic E-state index is 12.0. The summed E-state index contributed by atoms with van der Waals surface area (Å²) in [7, 11) is 2.74. The number of aromatic amines is 1. The first-order valence-electron chi connectivity index (χ1n) is 10.5. The standard InChI is InChI=1S/C21H25N3O11/c1-11-9-23(20(27)22-19(11)26)18-8-14(25)17(35-18)10-34-21(28)33-5-4-12-6-15(31-2)16(32-3)7-13(12)24(29)30/h6-7,9,14,17-18,25H,4-5,8,10H2,1-3H3,(H,22,26,27)/t14-,17+,18+/m0/s1. The van der Waals surface area contributed by atoms with Crippen molar-refractivity contribution in [3.8, 4) is 11.5 Å². The van der Waals surface area contributed by atoms with E-state index in [1.807, 2.05) is 0 Å². The number of aromatic nitrogens is 2. The van der Waals surface area contributed by atoms with Crippen molar-refractivity contribution < 1.29 is 38.5 Å². The van der Waals surface area contributed by atoms with Gasteiger partial charge in [0.15, 0.2) is 11.5 Å². The SMILES string of the molecule is COc1cc(CCOC(=O)OC[C@H]2O[C@@H](n3cc(C)c(=O)[nH]c3=O)C[C@@H]2O)c([N+](=O)[O-])cc1OC. The summed E-state index contributed by atoms with van der Waals surface area (Å²) in [6.07, 6.45) is -2.53. The van der Waals surface area contributed by atoms with Crippen molar-refractivity contribution in [2.45, 2.75) is 38.2 Å². The molecular formula is C21H25N3O11. The molecule has 14 nitrogen and oxygen atoms in total. The molecule has 0 unspecified atom stereocenters. The molecule has 1 aromatic heterocycles. The summed E-state index contributed by atoms with van der Waals surface area (Å²) in [5.74, 6) is 0.477. The van der Waals surface area contributed by atoms with Crippen LogP contribution in [0.25, 0.3) is 0 Å². The Balaban J connectivity index is 1.53. The average molecular weight is 495 g/mol. The van der Waals surface area contributed by atoms with E-state index in [1.165, 1.54) is 39.5 Å². The monoisotopic (exact) mass is 495 g/mol. The number of rotatable bonds is 9. The Labute approximate surface area is 198 Å². The van der Waals surface area contributed by atoms with Crippen molar-refractivity contribution in [1.82, 2.24) is 9.55 Å². The van der Waals surface area contributed by atoms with Gasteiger partial charge in [0.05, 0.1) is 37.9 Å². The summed E-state index contributed by atoms with van der Waals surface area (Å²) >= 11 is 0. The Kier molecular flexibility index (Phi) is 8.09. The molecule has 1 aromatic carbocycles. The van der Waals surface area contributed by atoms with Crippen molar-refractivity contribution in [3.63, 3.8) is 0 Å². The van der Waals surface area contributed by atoms with E-state index in [2.05, 4.69) is 4.98 Å². The Bertz CT molecular complexity index is 1210. The van der Waals surface area contributed by atoms with Crippen molar-refractivity contribution >= 4 is 11.8 Å². The van der Waals surface area contributed by atoms with Crippen LogP contribution in [0, 0.1) is 17.0 Å². The normalized spacial score (nSPS) is 19.3. The number of hydrogen-bond donors (Lipinski definition) is 2. The number of H-pyrrole nitrogens is 1. The number of methoxy groups -OCH3 is 2. The highest BCUT2D eigenvalue weighted by Crippen LogP contribution is 2.34. The molecule has 1 aliphatic heterocycles. The van der Waals surface area contributed by atoms with Crippen LogP contribution in [-0.2, 0) is 20.6 Å². The fraction of sp³-hybridized carbons (Fsp3) is 0.476. The van der Waals surface area contributed by atoms with Gasteiger partial charge in [-0.25, -0.2) is 9.59 Å². The fourth-order valence-corrected chi connectivity index (χ4v) is 3.55. The molecule has 0 spiro atoms. The van der Waals surface area contributed by atoms with E-state index in [-0.39, 0.29) is 48.8 Å². The van der Waals surface area contributed by atoms with Gasteiger partial charge < -0.3 is 28.8 Å². The Morgan fingerprint density at radius 1 is 1.26 bits per heavy atom. The smallest absolute Gasteiger partial charge is 0.493 e. The lowest BCUT2D eigenvalue weighted by Gasteiger charge is -2.16. The third-order valence-electron chi connectivity index (χ3n) is 5.40. The van der Waals surface area contributed by atoms with Crippen LogP contribution in [0.4, 0.5) is 10.5 Å². The van der Waals surface area contributed by atoms with Gasteiger partial charge in [-0.3, -0.25) is 24.5 Å². The van der Waals surface area contributed by atoms with E-state index in [1.54, 1.807) is 0 Å². The minimum atomic E-state index is -1.07. The van der Waals surface area contributed by atoms with E-state index >= 15 is 0 Å². The molecule has 2 aromatic rings. The van der Waals surface area contributed by atoms with Crippen LogP contribution in [-0.4, -0.2) is 65.4 Å². The molecule has 0 radical (unpaired) electrons. The largest absolute Gasteiger partial charge is 0.508 e. The van der Waals surface area contributed by atoms with Gasteiger partial charge >= 0.3 is 11.8 Å². The number of nitro benzene ring substituents is 1. The lowest BCUT2D eigenvalue weighted by atomic mass is 10.1. The van der Waals surface area contributed by atoms with Crippen LogP contribution in [0.5, 0.6) is 11.5 Å². The van der Waals surface area contributed by atoms with Gasteiger partial charge in [0.2, 0.25) is 0 Å². The third-order valence-corrected chi connectivity index (χ3v) is 5.40. The molecule has 1 fully saturated rings. The molecule has 3 atom stereocenters. The van der Waals surface area contributed by atoms with Crippen molar-refractivity contribution in [1.29, 1.82) is 0 Å². The number of aryl methyl sites for hydroxylation is 1. The number of carbonyl (C=O) groups excluding carboxylic acids is 1. The Morgan fingerprint density at radius 2 is 1.94 bits per heavy atom. The van der Waals surface area contributed by atoms with Crippen molar-refractivity contribution in [2.75, 3.05) is 27.4 Å². The van der Waals surface area contributed by atoms with Crippen molar-refractivity contribution in [2.24, 2.45) is 0 Å². The highest BCUT2D eigenvalue weighted by molar-refractivity contribution is 5.60. The highest BCUT2D eigenvalue weighted by atomic mass is 16.7. The summed E-state index contributed by atoms with van der Waals surface area (Å²) in [5, 5.41) is 21.6. The summed E-state index contributed by atoms with van der Waals surface area (Å²) < 4.78 is 26.9. The number of aliphatic hydroxyl groups excluding tert-OH is 1. The molecule has 1 saturated heterocycles. The molecule has 0 aliphatic carbocycles. The predicted molar refractivity (Wildman–Crippen MR) is 118 cm³/mol. The van der Waals surface area contributed by atoms with Crippen LogP contribution >= 0.6 is 0 Å². The Morgan fingerprint density at radius 3 is 2.60 bits per heavy atom. The van der Waals surface area contributed by atoms with Gasteiger partial charge in [0, 0.05) is 30.2 Å². The number of aliphatic hydroxyl groups is 1. The topological polar surface area (TPSA) is 181 Å². The second-order valence-corrected chi connectivity index (χ2v) is 7.66. The molecule has 0 amide bonds. The minimum Gasteiger partial charge on any atom is -0.493 e. The number of nitrogens with zero attached hydrogens (tertiary/aromatic N) is 2. The number of nitrogens with one attached hydrogen (secondary N) is 1. The first-order valence-corrected chi connectivity index (χ1v) is 10.5. The number of carbonyl (C=O) groups is 1. The molecule has 0 bridgehead atoms. The van der Waals surface area contributed by atoms with E-state index in [0.29, 0.717) is 5.56 Å². The van der Waals surface area contributed by atoms with Gasteiger partial charge in [-0.2, -0.15) is 0 Å². The van der Waals surface area contributed by atoms with Gasteiger partial charge in [-0.1, -0.05) is 0 Å². The molecular weight excluding hydrogens is 470 g/mol. The van der Waals surface area contributed by atoms with Gasteiger partial charge in [-0.05, 0) is 13.0 Å². The van der Waals surface area contributed by atoms with Gasteiger partial charge in [0.25, 0.3) is 11.2 Å². The minimum absolute atomic E-state index is 0.00483. The second-order valence-electron chi connectivity index (χ2n) is 7.66. The lowest BCUT2D eigenvalue weighted by Crippen LogP contribution is -2.33. The molecule has 2 N–H and O–H groups in total. The molecule has 190 valence electrons. The number of benzene rings is 1.